The molecular weight excluding hydrogens is 226 g/mol. The van der Waals surface area contributed by atoms with Crippen molar-refractivity contribution in [3.63, 3.8) is 0 Å². The van der Waals surface area contributed by atoms with Gasteiger partial charge in [0.25, 0.3) is 5.69 Å². The summed E-state index contributed by atoms with van der Waals surface area (Å²) in [7, 11) is 0. The molecule has 1 saturated carbocycles. The molecule has 0 aliphatic heterocycles. The number of non-ortho nitro benzene ring substituents is 1. The molecule has 1 fully saturated rings. The second kappa shape index (κ2) is 3.81. The van der Waals surface area contributed by atoms with Crippen molar-refractivity contribution in [2.45, 2.75) is 24.4 Å². The van der Waals surface area contributed by atoms with Crippen LogP contribution in [-0.2, 0) is 10.2 Å². The lowest BCUT2D eigenvalue weighted by Gasteiger charge is -2.18. The molecule has 90 valence electrons. The van der Waals surface area contributed by atoms with Gasteiger partial charge in [0.1, 0.15) is 0 Å². The van der Waals surface area contributed by atoms with Crippen LogP contribution in [0.4, 0.5) is 5.69 Å². The monoisotopic (exact) mass is 237 g/mol. The van der Waals surface area contributed by atoms with Crippen molar-refractivity contribution < 1.29 is 19.9 Å². The highest BCUT2D eigenvalue weighted by Gasteiger charge is 2.53. The Bertz CT molecular complexity index is 481. The van der Waals surface area contributed by atoms with Gasteiger partial charge >= 0.3 is 5.97 Å². The number of aliphatic carboxylic acids is 1. The van der Waals surface area contributed by atoms with E-state index in [1.54, 1.807) is 6.07 Å². The van der Waals surface area contributed by atoms with Gasteiger partial charge in [-0.1, -0.05) is 12.1 Å². The first-order valence-electron chi connectivity index (χ1n) is 5.13. The molecule has 0 aromatic heterocycles. The van der Waals surface area contributed by atoms with E-state index in [9.17, 15) is 20.0 Å². The van der Waals surface area contributed by atoms with Gasteiger partial charge in [-0.05, 0) is 18.4 Å². The van der Waals surface area contributed by atoms with Crippen molar-refractivity contribution >= 4 is 11.7 Å². The number of nitro groups is 1. The van der Waals surface area contributed by atoms with Crippen molar-refractivity contribution in [1.29, 1.82) is 0 Å². The zero-order valence-electron chi connectivity index (χ0n) is 8.87. The van der Waals surface area contributed by atoms with Crippen molar-refractivity contribution in [3.8, 4) is 0 Å². The summed E-state index contributed by atoms with van der Waals surface area (Å²) in [6.07, 6.45) is -0.451. The fourth-order valence-electron chi connectivity index (χ4n) is 2.02. The van der Waals surface area contributed by atoms with Crippen molar-refractivity contribution in [2.75, 3.05) is 0 Å². The highest BCUT2D eigenvalue weighted by molar-refractivity contribution is 5.75. The summed E-state index contributed by atoms with van der Waals surface area (Å²) in [5.41, 5.74) is -0.425. The lowest BCUT2D eigenvalue weighted by molar-refractivity contribution is -0.385. The molecule has 1 aliphatic carbocycles. The van der Waals surface area contributed by atoms with E-state index in [0.717, 1.165) is 0 Å². The number of hydrogen-bond acceptors (Lipinski definition) is 4. The molecule has 1 atom stereocenters. The van der Waals surface area contributed by atoms with Gasteiger partial charge in [0.2, 0.25) is 0 Å². The summed E-state index contributed by atoms with van der Waals surface area (Å²) in [6.45, 7) is 0. The van der Waals surface area contributed by atoms with E-state index in [-0.39, 0.29) is 5.69 Å². The first-order valence-corrected chi connectivity index (χ1v) is 5.13. The van der Waals surface area contributed by atoms with Crippen LogP contribution in [0.5, 0.6) is 0 Å². The van der Waals surface area contributed by atoms with E-state index in [4.69, 9.17) is 5.11 Å². The molecule has 0 radical (unpaired) electrons. The van der Waals surface area contributed by atoms with Crippen LogP contribution in [0.1, 0.15) is 18.4 Å². The summed E-state index contributed by atoms with van der Waals surface area (Å²) in [6, 6.07) is 5.79. The van der Waals surface area contributed by atoms with Crippen molar-refractivity contribution in [3.05, 3.63) is 39.9 Å². The third kappa shape index (κ3) is 1.87. The number of carbonyl (C=O) groups is 1. The Morgan fingerprint density at radius 2 is 2.12 bits per heavy atom. The standard InChI is InChI=1S/C11H11NO5/c13-9(10(14)15)11(4-5-11)7-2-1-3-8(6-7)12(16)17/h1-3,6,9,13H,4-5H2,(H,14,15). The SMILES string of the molecule is O=C(O)C(O)C1(c2cccc([N+](=O)[O-])c2)CC1. The number of carboxylic acid groups (broad SMARTS) is 1. The molecule has 2 N–H and O–H groups in total. The quantitative estimate of drug-likeness (QED) is 0.602. The Balaban J connectivity index is 2.37. The van der Waals surface area contributed by atoms with Crippen LogP contribution in [0.2, 0.25) is 0 Å². The maximum atomic E-state index is 10.8. The summed E-state index contributed by atoms with van der Waals surface area (Å²) in [5.74, 6) is -1.30. The first-order chi connectivity index (χ1) is 7.97. The molecular formula is C11H11NO5. The van der Waals surface area contributed by atoms with E-state index >= 15 is 0 Å². The van der Waals surface area contributed by atoms with Crippen LogP contribution in [0.3, 0.4) is 0 Å². The highest BCUT2D eigenvalue weighted by Crippen LogP contribution is 2.51. The van der Waals surface area contributed by atoms with Crippen LogP contribution in [0.25, 0.3) is 0 Å². The second-order valence-corrected chi connectivity index (χ2v) is 4.20. The van der Waals surface area contributed by atoms with Crippen LogP contribution < -0.4 is 0 Å². The maximum absolute atomic E-state index is 10.8. The van der Waals surface area contributed by atoms with E-state index < -0.39 is 22.4 Å². The largest absolute Gasteiger partial charge is 0.479 e. The molecule has 1 unspecified atom stereocenters. The highest BCUT2D eigenvalue weighted by atomic mass is 16.6. The molecule has 6 heteroatoms. The molecule has 1 aliphatic rings. The second-order valence-electron chi connectivity index (χ2n) is 4.20. The van der Waals surface area contributed by atoms with Gasteiger partial charge in [-0.15, -0.1) is 0 Å². The topological polar surface area (TPSA) is 101 Å². The lowest BCUT2D eigenvalue weighted by Crippen LogP contribution is -2.33. The zero-order valence-corrected chi connectivity index (χ0v) is 8.87. The molecule has 0 spiro atoms. The molecule has 0 bridgehead atoms. The summed E-state index contributed by atoms with van der Waals surface area (Å²) >= 11 is 0. The van der Waals surface area contributed by atoms with E-state index in [2.05, 4.69) is 0 Å². The van der Waals surface area contributed by atoms with Gasteiger partial charge in [-0.3, -0.25) is 10.1 Å². The Morgan fingerprint density at radius 1 is 1.47 bits per heavy atom. The smallest absolute Gasteiger partial charge is 0.333 e. The van der Waals surface area contributed by atoms with Gasteiger partial charge in [-0.2, -0.15) is 0 Å². The van der Waals surface area contributed by atoms with Crippen LogP contribution in [-0.4, -0.2) is 27.2 Å². The Labute approximate surface area is 96.7 Å². The minimum Gasteiger partial charge on any atom is -0.479 e. The first kappa shape index (κ1) is 11.5. The van der Waals surface area contributed by atoms with Gasteiger partial charge in [0.05, 0.1) is 4.92 Å². The summed E-state index contributed by atoms with van der Waals surface area (Å²) in [5, 5.41) is 29.1. The fourth-order valence-corrected chi connectivity index (χ4v) is 2.02. The molecule has 1 aromatic rings. The predicted molar refractivity (Wildman–Crippen MR) is 57.7 cm³/mol. The number of nitro benzene ring substituents is 1. The van der Waals surface area contributed by atoms with Crippen LogP contribution >= 0.6 is 0 Å². The lowest BCUT2D eigenvalue weighted by atomic mass is 9.89. The van der Waals surface area contributed by atoms with Crippen molar-refractivity contribution in [2.24, 2.45) is 0 Å². The Kier molecular flexibility index (Phi) is 2.59. The van der Waals surface area contributed by atoms with Gasteiger partial charge < -0.3 is 10.2 Å². The Hall–Kier alpha value is -1.95. The molecule has 1 aromatic carbocycles. The third-order valence-corrected chi connectivity index (χ3v) is 3.18. The van der Waals surface area contributed by atoms with Crippen LogP contribution in [0.15, 0.2) is 24.3 Å². The van der Waals surface area contributed by atoms with E-state index in [1.165, 1.54) is 18.2 Å². The number of rotatable bonds is 4. The average molecular weight is 237 g/mol. The molecule has 0 heterocycles. The zero-order chi connectivity index (χ0) is 12.6. The summed E-state index contributed by atoms with van der Waals surface area (Å²) < 4.78 is 0. The van der Waals surface area contributed by atoms with E-state index in [1.807, 2.05) is 0 Å². The van der Waals surface area contributed by atoms with Crippen LogP contribution in [0, 0.1) is 10.1 Å². The minimum absolute atomic E-state index is 0.0913. The van der Waals surface area contributed by atoms with Gasteiger partial charge in [0.15, 0.2) is 6.10 Å². The van der Waals surface area contributed by atoms with Gasteiger partial charge in [-0.25, -0.2) is 4.79 Å². The number of carboxylic acids is 1. The average Bonchev–Trinajstić information content (AvgIpc) is 3.09. The molecule has 0 saturated heterocycles. The Morgan fingerprint density at radius 3 is 2.59 bits per heavy atom. The normalized spacial score (nSPS) is 18.4. The molecule has 0 amide bonds. The van der Waals surface area contributed by atoms with Gasteiger partial charge in [0, 0.05) is 17.5 Å². The number of hydrogen-bond donors (Lipinski definition) is 2. The fraction of sp³-hybridized carbons (Fsp3) is 0.364. The minimum atomic E-state index is -1.51. The number of aliphatic hydroxyl groups is 1. The predicted octanol–water partition coefficient (Wildman–Crippen LogP) is 1.07. The summed E-state index contributed by atoms with van der Waals surface area (Å²) in [4.78, 5) is 20.9. The molecule has 6 nitrogen and oxygen atoms in total. The number of nitrogens with zero attached hydrogens (tertiary/aromatic N) is 1. The number of benzene rings is 1. The number of aliphatic hydroxyl groups excluding tert-OH is 1. The molecule has 2 rings (SSSR count). The van der Waals surface area contributed by atoms with E-state index in [0.29, 0.717) is 18.4 Å². The third-order valence-electron chi connectivity index (χ3n) is 3.18. The maximum Gasteiger partial charge on any atom is 0.333 e. The molecule has 17 heavy (non-hydrogen) atoms. The van der Waals surface area contributed by atoms with Crippen molar-refractivity contribution in [1.82, 2.24) is 0 Å².